The molecule has 27 heavy (non-hydrogen) atoms. The monoisotopic (exact) mass is 490 g/mol. The van der Waals surface area contributed by atoms with Crippen LogP contribution < -0.4 is 38.2 Å². The molecule has 0 atom stereocenters. The first kappa shape index (κ1) is 20.0. The summed E-state index contributed by atoms with van der Waals surface area (Å²) in [7, 11) is 1.72. The van der Waals surface area contributed by atoms with Gasteiger partial charge in [-0.2, -0.15) is 4.57 Å². The molecular weight excluding hydrogens is 467 g/mol. The van der Waals surface area contributed by atoms with E-state index < -0.39 is 0 Å². The summed E-state index contributed by atoms with van der Waals surface area (Å²) in [4.78, 5) is 3.64. The Morgan fingerprint density at radius 1 is 1.11 bits per heavy atom. The molecule has 0 bridgehead atoms. The Balaban J connectivity index is 0.00000210. The summed E-state index contributed by atoms with van der Waals surface area (Å²) in [6, 6.07) is 17.2. The van der Waals surface area contributed by atoms with Gasteiger partial charge in [-0.1, -0.05) is 23.9 Å². The number of fused-ring (bicyclic) bond motifs is 2. The van der Waals surface area contributed by atoms with E-state index in [9.17, 15) is 0 Å². The van der Waals surface area contributed by atoms with Crippen LogP contribution in [0.4, 0.5) is 5.69 Å². The summed E-state index contributed by atoms with van der Waals surface area (Å²) in [6.45, 7) is 6.27. The molecule has 2 heterocycles. The smallest absolute Gasteiger partial charge is 0.213 e. The molecule has 4 rings (SSSR count). The molecule has 3 nitrogen and oxygen atoms in total. The van der Waals surface area contributed by atoms with Gasteiger partial charge in [0, 0.05) is 29.6 Å². The van der Waals surface area contributed by atoms with Gasteiger partial charge in [-0.25, -0.2) is 0 Å². The van der Waals surface area contributed by atoms with Crippen LogP contribution in [-0.2, 0) is 6.54 Å². The number of anilines is 1. The van der Waals surface area contributed by atoms with E-state index in [0.29, 0.717) is 0 Å². The van der Waals surface area contributed by atoms with Gasteiger partial charge in [0.2, 0.25) is 5.52 Å². The van der Waals surface area contributed by atoms with E-state index in [-0.39, 0.29) is 24.0 Å². The van der Waals surface area contributed by atoms with Gasteiger partial charge in [0.05, 0.1) is 23.2 Å². The van der Waals surface area contributed by atoms with E-state index in [0.717, 1.165) is 18.8 Å². The van der Waals surface area contributed by atoms with Crippen molar-refractivity contribution in [2.45, 2.75) is 25.3 Å². The zero-order valence-electron chi connectivity index (χ0n) is 15.8. The fourth-order valence-electron chi connectivity index (χ4n) is 3.48. The standard InChI is InChI=1S/C22H23N2OS.HI/c1-4-23-13-12-16(18-8-6-7-9-19(18)23)14-22-24(5-2)20-15-17(25-3)10-11-21(20)26-22;/h6-15H,4-5H2,1-3H3;1H/q+1;/p-1. The lowest BCUT2D eigenvalue weighted by molar-refractivity contribution is -0.667. The van der Waals surface area contributed by atoms with Crippen molar-refractivity contribution < 1.29 is 33.3 Å². The molecule has 1 aliphatic rings. The van der Waals surface area contributed by atoms with Gasteiger partial charge in [-0.3, -0.25) is 0 Å². The highest BCUT2D eigenvalue weighted by Crippen LogP contribution is 2.48. The predicted molar refractivity (Wildman–Crippen MR) is 110 cm³/mol. The number of para-hydroxylation sites is 1. The van der Waals surface area contributed by atoms with Crippen LogP contribution in [0.15, 0.2) is 64.7 Å². The number of nitrogens with zero attached hydrogens (tertiary/aromatic N) is 2. The number of pyridine rings is 1. The molecule has 0 saturated carbocycles. The topological polar surface area (TPSA) is 16.4 Å². The number of thioether (sulfide) groups is 1. The van der Waals surface area contributed by atoms with Crippen molar-refractivity contribution in [2.24, 2.45) is 0 Å². The third kappa shape index (κ3) is 3.67. The number of ether oxygens (including phenoxy) is 1. The molecule has 3 aromatic rings. The van der Waals surface area contributed by atoms with Crippen LogP contribution in [-0.4, -0.2) is 13.7 Å². The molecular formula is C22H23IN2OS. The highest BCUT2D eigenvalue weighted by Gasteiger charge is 2.25. The van der Waals surface area contributed by atoms with Crippen molar-refractivity contribution in [3.63, 3.8) is 0 Å². The van der Waals surface area contributed by atoms with E-state index in [1.807, 2.05) is 17.8 Å². The zero-order chi connectivity index (χ0) is 18.1. The Hall–Kier alpha value is -1.73. The number of halogens is 1. The molecule has 0 N–H and O–H groups in total. The van der Waals surface area contributed by atoms with Gasteiger partial charge in [0.1, 0.15) is 12.3 Å². The lowest BCUT2D eigenvalue weighted by Gasteiger charge is -2.18. The van der Waals surface area contributed by atoms with Crippen molar-refractivity contribution in [1.82, 2.24) is 0 Å². The number of methoxy groups -OCH3 is 1. The van der Waals surface area contributed by atoms with Gasteiger partial charge in [-0.05, 0) is 43.7 Å². The van der Waals surface area contributed by atoms with Crippen LogP contribution in [0, 0.1) is 0 Å². The van der Waals surface area contributed by atoms with E-state index >= 15 is 0 Å². The molecule has 2 aromatic carbocycles. The van der Waals surface area contributed by atoms with Crippen molar-refractivity contribution in [1.29, 1.82) is 0 Å². The second kappa shape index (κ2) is 8.52. The fraction of sp³-hybridized carbons (Fsp3) is 0.227. The third-order valence-electron chi connectivity index (χ3n) is 4.83. The summed E-state index contributed by atoms with van der Waals surface area (Å²) in [5.41, 5.74) is 3.76. The average molecular weight is 490 g/mol. The SMILES string of the molecule is CCN1/C(=C\c2cc[n+](CC)c3ccccc23)Sc2ccc(OC)cc21.[I-]. The average Bonchev–Trinajstić information content (AvgIpc) is 3.04. The quantitative estimate of drug-likeness (QED) is 0.412. The van der Waals surface area contributed by atoms with E-state index in [2.05, 4.69) is 78.1 Å². The number of aromatic nitrogens is 1. The van der Waals surface area contributed by atoms with Gasteiger partial charge >= 0.3 is 0 Å². The van der Waals surface area contributed by atoms with E-state index in [4.69, 9.17) is 4.74 Å². The van der Waals surface area contributed by atoms with Crippen LogP contribution >= 0.6 is 11.8 Å². The Morgan fingerprint density at radius 3 is 2.67 bits per heavy atom. The van der Waals surface area contributed by atoms with Gasteiger partial charge in [-0.15, -0.1) is 0 Å². The van der Waals surface area contributed by atoms with Crippen molar-refractivity contribution in [2.75, 3.05) is 18.6 Å². The predicted octanol–water partition coefficient (Wildman–Crippen LogP) is 2.09. The Morgan fingerprint density at radius 2 is 1.93 bits per heavy atom. The summed E-state index contributed by atoms with van der Waals surface area (Å²) < 4.78 is 7.70. The normalized spacial score (nSPS) is 14.3. The molecule has 0 unspecified atom stereocenters. The van der Waals surface area contributed by atoms with Crippen molar-refractivity contribution in [3.05, 3.63) is 65.3 Å². The van der Waals surface area contributed by atoms with E-state index in [1.165, 1.54) is 32.1 Å². The Bertz CT molecular complexity index is 1000. The fourth-order valence-corrected chi connectivity index (χ4v) is 4.64. The van der Waals surface area contributed by atoms with Crippen LogP contribution in [0.3, 0.4) is 0 Å². The summed E-state index contributed by atoms with van der Waals surface area (Å²) in [5.74, 6) is 0.901. The lowest BCUT2D eigenvalue weighted by atomic mass is 10.1. The minimum Gasteiger partial charge on any atom is -1.00 e. The number of hydrogen-bond acceptors (Lipinski definition) is 3. The lowest BCUT2D eigenvalue weighted by Crippen LogP contribution is -3.00. The first-order chi connectivity index (χ1) is 12.7. The van der Waals surface area contributed by atoms with Crippen LogP contribution in [0.25, 0.3) is 17.0 Å². The molecule has 0 saturated heterocycles. The van der Waals surface area contributed by atoms with Gasteiger partial charge in [0.15, 0.2) is 6.20 Å². The molecule has 0 aliphatic carbocycles. The van der Waals surface area contributed by atoms with E-state index in [1.54, 1.807) is 7.11 Å². The molecule has 0 spiro atoms. The Kier molecular flexibility index (Phi) is 6.32. The van der Waals surface area contributed by atoms with Crippen LogP contribution in [0.1, 0.15) is 19.4 Å². The molecule has 5 heteroatoms. The Labute approximate surface area is 182 Å². The van der Waals surface area contributed by atoms with Gasteiger partial charge < -0.3 is 33.6 Å². The number of rotatable bonds is 4. The second-order valence-electron chi connectivity index (χ2n) is 6.24. The molecule has 0 radical (unpaired) electrons. The summed E-state index contributed by atoms with van der Waals surface area (Å²) in [5, 5.41) is 2.55. The number of hydrogen-bond donors (Lipinski definition) is 0. The van der Waals surface area contributed by atoms with Crippen molar-refractivity contribution in [3.8, 4) is 5.75 Å². The third-order valence-corrected chi connectivity index (χ3v) is 5.94. The highest BCUT2D eigenvalue weighted by atomic mass is 127. The van der Waals surface area contributed by atoms with Crippen molar-refractivity contribution >= 4 is 34.4 Å². The molecule has 140 valence electrons. The molecule has 1 aromatic heterocycles. The van der Waals surface area contributed by atoms with Gasteiger partial charge in [0.25, 0.3) is 0 Å². The first-order valence-corrected chi connectivity index (χ1v) is 9.83. The number of benzene rings is 2. The minimum atomic E-state index is 0. The largest absolute Gasteiger partial charge is 1.00 e. The highest BCUT2D eigenvalue weighted by molar-refractivity contribution is 8.03. The summed E-state index contributed by atoms with van der Waals surface area (Å²) >= 11 is 1.83. The number of aryl methyl sites for hydroxylation is 1. The van der Waals surface area contributed by atoms with Crippen LogP contribution in [0.2, 0.25) is 0 Å². The van der Waals surface area contributed by atoms with Crippen LogP contribution in [0.5, 0.6) is 5.75 Å². The molecule has 0 amide bonds. The maximum absolute atomic E-state index is 5.41. The zero-order valence-corrected chi connectivity index (χ0v) is 18.8. The maximum Gasteiger partial charge on any atom is 0.213 e. The molecule has 0 fully saturated rings. The maximum atomic E-state index is 5.41. The second-order valence-corrected chi connectivity index (χ2v) is 7.30. The molecule has 1 aliphatic heterocycles. The summed E-state index contributed by atoms with van der Waals surface area (Å²) in [6.07, 6.45) is 4.49. The minimum absolute atomic E-state index is 0. The first-order valence-electron chi connectivity index (χ1n) is 9.01.